The van der Waals surface area contributed by atoms with Crippen molar-refractivity contribution in [1.82, 2.24) is 0 Å². The Kier molecular flexibility index (Phi) is 5.80. The first-order valence-corrected chi connectivity index (χ1v) is 7.77. The van der Waals surface area contributed by atoms with Gasteiger partial charge in [-0.2, -0.15) is 0 Å². The average Bonchev–Trinajstić information content (AvgIpc) is 2.85. The van der Waals surface area contributed by atoms with Crippen LogP contribution in [0.3, 0.4) is 0 Å². The number of rotatable bonds is 6. The Morgan fingerprint density at radius 2 is 2.22 bits per heavy atom. The molecule has 0 N–H and O–H groups in total. The van der Waals surface area contributed by atoms with Crippen LogP contribution in [0.4, 0.5) is 0 Å². The maximum atomic E-state index is 11.5. The predicted octanol–water partition coefficient (Wildman–Crippen LogP) is 2.97. The minimum atomic E-state index is -0.562. The number of carbonyl (C=O) groups is 1. The summed E-state index contributed by atoms with van der Waals surface area (Å²) in [6.07, 6.45) is 3.78. The molecule has 1 aromatic carbocycles. The van der Waals surface area contributed by atoms with Crippen molar-refractivity contribution in [3.05, 3.63) is 35.4 Å². The van der Waals surface area contributed by atoms with Gasteiger partial charge in [-0.25, -0.2) is 4.79 Å². The average molecular weight is 320 g/mol. The maximum absolute atomic E-state index is 11.5. The van der Waals surface area contributed by atoms with E-state index in [0.717, 1.165) is 16.9 Å². The molecule has 1 atom stereocenters. The van der Waals surface area contributed by atoms with Gasteiger partial charge in [-0.3, -0.25) is 0 Å². The van der Waals surface area contributed by atoms with Gasteiger partial charge in [0.1, 0.15) is 5.75 Å². The highest BCUT2D eigenvalue weighted by atomic mass is 16.7. The molecule has 0 bridgehead atoms. The number of ether oxygens (including phenoxy) is 4. The highest BCUT2D eigenvalue weighted by Crippen LogP contribution is 2.30. The minimum Gasteiger partial charge on any atom is -0.496 e. The summed E-state index contributed by atoms with van der Waals surface area (Å²) in [4.78, 5) is 11.5. The topological polar surface area (TPSA) is 54.0 Å². The van der Waals surface area contributed by atoms with Crippen molar-refractivity contribution in [3.8, 4) is 5.75 Å². The lowest BCUT2D eigenvalue weighted by atomic mass is 10.00. The number of hydrogen-bond acceptors (Lipinski definition) is 5. The van der Waals surface area contributed by atoms with Crippen LogP contribution in [0, 0.1) is 0 Å². The fourth-order valence-corrected chi connectivity index (χ4v) is 2.59. The van der Waals surface area contributed by atoms with E-state index >= 15 is 0 Å². The van der Waals surface area contributed by atoms with Gasteiger partial charge in [0.15, 0.2) is 5.79 Å². The van der Waals surface area contributed by atoms with Crippen molar-refractivity contribution < 1.29 is 23.7 Å². The second-order valence-electron chi connectivity index (χ2n) is 5.77. The van der Waals surface area contributed by atoms with E-state index in [4.69, 9.17) is 18.9 Å². The molecule has 1 heterocycles. The van der Waals surface area contributed by atoms with E-state index in [2.05, 4.69) is 0 Å². The number of esters is 1. The van der Waals surface area contributed by atoms with E-state index in [1.54, 1.807) is 20.1 Å². The third kappa shape index (κ3) is 4.81. The minimum absolute atomic E-state index is 0.0453. The molecule has 5 heteroatoms. The zero-order valence-electron chi connectivity index (χ0n) is 14.1. The van der Waals surface area contributed by atoms with Crippen LogP contribution in [0.25, 0.3) is 6.08 Å². The Hall–Kier alpha value is -1.85. The summed E-state index contributed by atoms with van der Waals surface area (Å²) in [6, 6.07) is 5.73. The van der Waals surface area contributed by atoms with E-state index in [0.29, 0.717) is 19.6 Å². The zero-order valence-corrected chi connectivity index (χ0v) is 14.1. The second kappa shape index (κ2) is 7.62. The van der Waals surface area contributed by atoms with Gasteiger partial charge in [0.25, 0.3) is 0 Å². The van der Waals surface area contributed by atoms with Crippen molar-refractivity contribution >= 4 is 12.0 Å². The van der Waals surface area contributed by atoms with E-state index < -0.39 is 5.79 Å². The largest absolute Gasteiger partial charge is 0.496 e. The highest BCUT2D eigenvalue weighted by Gasteiger charge is 2.33. The first-order valence-electron chi connectivity index (χ1n) is 7.77. The molecule has 1 aliphatic rings. The van der Waals surface area contributed by atoms with Gasteiger partial charge >= 0.3 is 5.97 Å². The van der Waals surface area contributed by atoms with Crippen LogP contribution in [0.1, 0.15) is 31.9 Å². The van der Waals surface area contributed by atoms with Crippen LogP contribution >= 0.6 is 0 Å². The Morgan fingerprint density at radius 3 is 2.83 bits per heavy atom. The normalized spacial score (nSPS) is 19.9. The van der Waals surface area contributed by atoms with E-state index in [-0.39, 0.29) is 12.1 Å². The molecular weight excluding hydrogens is 296 g/mol. The third-order valence-electron chi connectivity index (χ3n) is 3.57. The van der Waals surface area contributed by atoms with Crippen molar-refractivity contribution in [2.75, 3.05) is 20.3 Å². The monoisotopic (exact) mass is 320 g/mol. The summed E-state index contributed by atoms with van der Waals surface area (Å²) in [6.45, 7) is 6.47. The lowest BCUT2D eigenvalue weighted by Gasteiger charge is -2.18. The van der Waals surface area contributed by atoms with Crippen LogP contribution in [0.5, 0.6) is 5.75 Å². The van der Waals surface area contributed by atoms with Crippen molar-refractivity contribution in [2.45, 2.75) is 39.1 Å². The molecule has 2 rings (SSSR count). The lowest BCUT2D eigenvalue weighted by Crippen LogP contribution is -2.22. The molecule has 5 nitrogen and oxygen atoms in total. The SMILES string of the molecule is CCOC(=O)/C=C/c1cccc(OC)c1CC1COC(C)(C)O1. The number of benzene rings is 1. The number of carbonyl (C=O) groups excluding carboxylic acids is 1. The van der Waals surface area contributed by atoms with Gasteiger partial charge in [0.2, 0.25) is 0 Å². The summed E-state index contributed by atoms with van der Waals surface area (Å²) in [5.74, 6) is -0.152. The molecule has 23 heavy (non-hydrogen) atoms. The van der Waals surface area contributed by atoms with Crippen LogP contribution in [-0.4, -0.2) is 38.2 Å². The van der Waals surface area contributed by atoms with Crippen molar-refractivity contribution in [3.63, 3.8) is 0 Å². The van der Waals surface area contributed by atoms with Crippen molar-refractivity contribution in [2.24, 2.45) is 0 Å². The first kappa shape index (κ1) is 17.5. The van der Waals surface area contributed by atoms with E-state index in [1.165, 1.54) is 6.08 Å². The Labute approximate surface area is 137 Å². The summed E-state index contributed by atoms with van der Waals surface area (Å²) in [5.41, 5.74) is 1.90. The first-order chi connectivity index (χ1) is 10.9. The van der Waals surface area contributed by atoms with Gasteiger partial charge in [-0.05, 0) is 38.5 Å². The quantitative estimate of drug-likeness (QED) is 0.596. The molecule has 1 unspecified atom stereocenters. The van der Waals surface area contributed by atoms with Gasteiger partial charge in [-0.15, -0.1) is 0 Å². The summed E-state index contributed by atoms with van der Waals surface area (Å²) < 4.78 is 21.9. The van der Waals surface area contributed by atoms with Crippen LogP contribution < -0.4 is 4.74 Å². The van der Waals surface area contributed by atoms with Crippen molar-refractivity contribution in [1.29, 1.82) is 0 Å². The second-order valence-corrected chi connectivity index (χ2v) is 5.77. The highest BCUT2D eigenvalue weighted by molar-refractivity contribution is 5.87. The molecule has 0 amide bonds. The lowest BCUT2D eigenvalue weighted by molar-refractivity contribution is -0.138. The summed E-state index contributed by atoms with van der Waals surface area (Å²) in [7, 11) is 1.63. The molecule has 0 radical (unpaired) electrons. The van der Waals surface area contributed by atoms with Crippen LogP contribution in [-0.2, 0) is 25.4 Å². The molecule has 0 aliphatic carbocycles. The number of hydrogen-bond donors (Lipinski definition) is 0. The van der Waals surface area contributed by atoms with Crippen LogP contribution in [0.15, 0.2) is 24.3 Å². The molecular formula is C18H24O5. The van der Waals surface area contributed by atoms with E-state index in [9.17, 15) is 4.79 Å². The molecule has 1 aliphatic heterocycles. The van der Waals surface area contributed by atoms with Gasteiger partial charge in [0, 0.05) is 18.1 Å². The van der Waals surface area contributed by atoms with Gasteiger partial charge in [-0.1, -0.05) is 12.1 Å². The van der Waals surface area contributed by atoms with Gasteiger partial charge in [0.05, 0.1) is 26.4 Å². The summed E-state index contributed by atoms with van der Waals surface area (Å²) in [5, 5.41) is 0. The Bertz CT molecular complexity index is 577. The molecule has 1 saturated heterocycles. The number of methoxy groups -OCH3 is 1. The smallest absolute Gasteiger partial charge is 0.330 e. The molecule has 0 spiro atoms. The zero-order chi connectivity index (χ0) is 16.9. The Balaban J connectivity index is 2.20. The van der Waals surface area contributed by atoms with Gasteiger partial charge < -0.3 is 18.9 Å². The summed E-state index contributed by atoms with van der Waals surface area (Å²) >= 11 is 0. The molecule has 126 valence electrons. The molecule has 1 fully saturated rings. The maximum Gasteiger partial charge on any atom is 0.330 e. The standard InChI is InChI=1S/C18H24O5/c1-5-21-17(19)10-9-13-7-6-8-16(20-4)15(13)11-14-12-22-18(2,3)23-14/h6-10,14H,5,11-12H2,1-4H3/b10-9+. The van der Waals surface area contributed by atoms with E-state index in [1.807, 2.05) is 32.0 Å². The fraction of sp³-hybridized carbons (Fsp3) is 0.500. The molecule has 0 aromatic heterocycles. The predicted molar refractivity (Wildman–Crippen MR) is 87.3 cm³/mol. The molecule has 0 saturated carbocycles. The third-order valence-corrected chi connectivity index (χ3v) is 3.57. The fourth-order valence-electron chi connectivity index (χ4n) is 2.59. The van der Waals surface area contributed by atoms with Crippen LogP contribution in [0.2, 0.25) is 0 Å². The molecule has 1 aromatic rings. The Morgan fingerprint density at radius 1 is 1.43 bits per heavy atom.